The normalized spacial score (nSPS) is 16.4. The van der Waals surface area contributed by atoms with Gasteiger partial charge in [0.25, 0.3) is 0 Å². The summed E-state index contributed by atoms with van der Waals surface area (Å²) in [5, 5.41) is 12.3. The highest BCUT2D eigenvalue weighted by Gasteiger charge is 2.25. The molecule has 29 heavy (non-hydrogen) atoms. The van der Waals surface area contributed by atoms with Gasteiger partial charge in [-0.25, -0.2) is 0 Å². The van der Waals surface area contributed by atoms with Crippen molar-refractivity contribution in [3.05, 3.63) is 30.1 Å². The highest BCUT2D eigenvalue weighted by atomic mass is 32.2. The number of hydrogen-bond acceptors (Lipinski definition) is 6. The second-order valence-corrected chi connectivity index (χ2v) is 8.58. The van der Waals surface area contributed by atoms with Gasteiger partial charge in [-0.2, -0.15) is 0 Å². The molecule has 2 aromatic rings. The number of carbonyl (C=O) groups excluding carboxylic acids is 1. The van der Waals surface area contributed by atoms with Crippen molar-refractivity contribution < 1.29 is 14.3 Å². The van der Waals surface area contributed by atoms with E-state index in [1.54, 1.807) is 7.11 Å². The Morgan fingerprint density at radius 3 is 2.48 bits per heavy atom. The lowest BCUT2D eigenvalue weighted by Crippen LogP contribution is -2.37. The molecule has 1 aromatic carbocycles. The third-order valence-electron chi connectivity index (χ3n) is 5.15. The van der Waals surface area contributed by atoms with Crippen LogP contribution in [0.3, 0.4) is 0 Å². The Bertz CT molecular complexity index is 803. The van der Waals surface area contributed by atoms with Gasteiger partial charge in [-0.05, 0) is 57.9 Å². The van der Waals surface area contributed by atoms with E-state index in [1.807, 2.05) is 49.6 Å². The molecule has 0 radical (unpaired) electrons. The van der Waals surface area contributed by atoms with Crippen molar-refractivity contribution in [2.24, 2.45) is 0 Å². The monoisotopic (exact) mass is 418 g/mol. The lowest BCUT2D eigenvalue weighted by Gasteiger charge is -2.18. The number of thioether (sulfide) groups is 1. The molecule has 8 heteroatoms. The van der Waals surface area contributed by atoms with Crippen LogP contribution in [-0.2, 0) is 11.3 Å². The van der Waals surface area contributed by atoms with Crippen molar-refractivity contribution in [2.75, 3.05) is 7.11 Å². The Balaban J connectivity index is 1.64. The van der Waals surface area contributed by atoms with E-state index >= 15 is 0 Å². The fourth-order valence-electron chi connectivity index (χ4n) is 3.50. The molecule has 1 aromatic heterocycles. The number of nitrogens with one attached hydrogen (secondary N) is 1. The van der Waals surface area contributed by atoms with Crippen molar-refractivity contribution in [3.8, 4) is 11.5 Å². The van der Waals surface area contributed by atoms with Crippen LogP contribution in [0.1, 0.15) is 58.4 Å². The molecule has 0 aliphatic heterocycles. The first-order chi connectivity index (χ1) is 14.0. The number of benzene rings is 1. The molecule has 158 valence electrons. The molecule has 2 atom stereocenters. The molecule has 1 aliphatic carbocycles. The van der Waals surface area contributed by atoms with Gasteiger partial charge in [-0.3, -0.25) is 4.79 Å². The van der Waals surface area contributed by atoms with Crippen molar-refractivity contribution in [2.45, 2.75) is 75.6 Å². The molecule has 2 unspecified atom stereocenters. The first-order valence-corrected chi connectivity index (χ1v) is 11.1. The molecule has 1 saturated carbocycles. The molecule has 0 saturated heterocycles. The maximum Gasteiger partial charge on any atom is 0.233 e. The number of amides is 1. The minimum absolute atomic E-state index is 0.0663. The molecule has 7 nitrogen and oxygen atoms in total. The molecular formula is C21H30N4O3S. The maximum atomic E-state index is 12.5. The van der Waals surface area contributed by atoms with Gasteiger partial charge in [0.05, 0.1) is 12.4 Å². The van der Waals surface area contributed by atoms with Crippen molar-refractivity contribution in [1.82, 2.24) is 20.1 Å². The lowest BCUT2D eigenvalue weighted by molar-refractivity contribution is -0.120. The SMILES string of the molecule is CCn1c(SC(C)C(=O)NC2CCCC2)nnc1C(C)Oc1ccc(OC)cc1. The summed E-state index contributed by atoms with van der Waals surface area (Å²) < 4.78 is 13.2. The van der Waals surface area contributed by atoms with E-state index < -0.39 is 0 Å². The van der Waals surface area contributed by atoms with Crippen LogP contribution in [-0.4, -0.2) is 39.1 Å². The predicted molar refractivity (Wildman–Crippen MR) is 113 cm³/mol. The Kier molecular flexibility index (Phi) is 7.41. The Morgan fingerprint density at radius 1 is 1.21 bits per heavy atom. The van der Waals surface area contributed by atoms with E-state index in [-0.39, 0.29) is 17.3 Å². The third-order valence-corrected chi connectivity index (χ3v) is 6.23. The van der Waals surface area contributed by atoms with Gasteiger partial charge < -0.3 is 19.4 Å². The summed E-state index contributed by atoms with van der Waals surface area (Å²) in [5.74, 6) is 2.33. The van der Waals surface area contributed by atoms with Gasteiger partial charge in [0.1, 0.15) is 11.5 Å². The maximum absolute atomic E-state index is 12.5. The fourth-order valence-corrected chi connectivity index (χ4v) is 4.43. The molecule has 0 spiro atoms. The van der Waals surface area contributed by atoms with Gasteiger partial charge in [-0.15, -0.1) is 10.2 Å². The van der Waals surface area contributed by atoms with Crippen molar-refractivity contribution in [1.29, 1.82) is 0 Å². The van der Waals surface area contributed by atoms with Crippen LogP contribution in [0.15, 0.2) is 29.4 Å². The number of ether oxygens (including phenoxy) is 2. The molecule has 1 N–H and O–H groups in total. The van der Waals surface area contributed by atoms with E-state index in [2.05, 4.69) is 15.5 Å². The molecule has 0 bridgehead atoms. The summed E-state index contributed by atoms with van der Waals surface area (Å²) >= 11 is 1.44. The van der Waals surface area contributed by atoms with Crippen LogP contribution < -0.4 is 14.8 Å². The highest BCUT2D eigenvalue weighted by molar-refractivity contribution is 8.00. The number of methoxy groups -OCH3 is 1. The Labute approximate surface area is 176 Å². The molecule has 1 amide bonds. The third kappa shape index (κ3) is 5.44. The standard InChI is InChI=1S/C21H30N4O3S/c1-5-25-19(14(2)28-18-12-10-17(27-4)11-13-18)23-24-21(25)29-15(3)20(26)22-16-8-6-7-9-16/h10-16H,5-9H2,1-4H3,(H,22,26). The second kappa shape index (κ2) is 10.0. The average molecular weight is 419 g/mol. The summed E-state index contributed by atoms with van der Waals surface area (Å²) in [4.78, 5) is 12.5. The van der Waals surface area contributed by atoms with Crippen molar-refractivity contribution >= 4 is 17.7 Å². The van der Waals surface area contributed by atoms with Crippen LogP contribution in [0.5, 0.6) is 11.5 Å². The van der Waals surface area contributed by atoms with Gasteiger partial charge >= 0.3 is 0 Å². The lowest BCUT2D eigenvalue weighted by atomic mass is 10.2. The summed E-state index contributed by atoms with van der Waals surface area (Å²) in [5.41, 5.74) is 0. The smallest absolute Gasteiger partial charge is 0.233 e. The van der Waals surface area contributed by atoms with Gasteiger partial charge in [0, 0.05) is 12.6 Å². The number of aromatic nitrogens is 3. The first kappa shape index (κ1) is 21.5. The quantitative estimate of drug-likeness (QED) is 0.621. The summed E-state index contributed by atoms with van der Waals surface area (Å²) in [7, 11) is 1.64. The predicted octanol–water partition coefficient (Wildman–Crippen LogP) is 3.99. The average Bonchev–Trinajstić information content (AvgIpc) is 3.38. The Morgan fingerprint density at radius 2 is 1.86 bits per heavy atom. The second-order valence-electron chi connectivity index (χ2n) is 7.27. The highest BCUT2D eigenvalue weighted by Crippen LogP contribution is 2.28. The molecule has 1 aliphatic rings. The van der Waals surface area contributed by atoms with Crippen LogP contribution >= 0.6 is 11.8 Å². The van der Waals surface area contributed by atoms with Gasteiger partial charge in [0.15, 0.2) is 17.1 Å². The van der Waals surface area contributed by atoms with Crippen LogP contribution in [0.25, 0.3) is 0 Å². The zero-order chi connectivity index (χ0) is 20.8. The number of rotatable bonds is 9. The first-order valence-electron chi connectivity index (χ1n) is 10.2. The van der Waals surface area contributed by atoms with E-state index in [0.29, 0.717) is 12.6 Å². The molecule has 3 rings (SSSR count). The summed E-state index contributed by atoms with van der Waals surface area (Å²) in [6.07, 6.45) is 4.29. The largest absolute Gasteiger partial charge is 0.497 e. The van der Waals surface area contributed by atoms with E-state index in [9.17, 15) is 4.79 Å². The Hall–Kier alpha value is -2.22. The van der Waals surface area contributed by atoms with E-state index in [4.69, 9.17) is 9.47 Å². The molecule has 1 heterocycles. The van der Waals surface area contributed by atoms with Crippen LogP contribution in [0.2, 0.25) is 0 Å². The van der Waals surface area contributed by atoms with Crippen LogP contribution in [0, 0.1) is 0 Å². The van der Waals surface area contributed by atoms with E-state index in [1.165, 1.54) is 24.6 Å². The summed E-state index contributed by atoms with van der Waals surface area (Å²) in [6, 6.07) is 7.78. The number of hydrogen-bond donors (Lipinski definition) is 1. The minimum Gasteiger partial charge on any atom is -0.497 e. The van der Waals surface area contributed by atoms with Crippen molar-refractivity contribution in [3.63, 3.8) is 0 Å². The van der Waals surface area contributed by atoms with Gasteiger partial charge in [-0.1, -0.05) is 24.6 Å². The topological polar surface area (TPSA) is 78.3 Å². The fraction of sp³-hybridized carbons (Fsp3) is 0.571. The summed E-state index contributed by atoms with van der Waals surface area (Å²) in [6.45, 7) is 6.61. The van der Waals surface area contributed by atoms with Gasteiger partial charge in [0.2, 0.25) is 5.91 Å². The molecular weight excluding hydrogens is 388 g/mol. The zero-order valence-electron chi connectivity index (χ0n) is 17.6. The zero-order valence-corrected chi connectivity index (χ0v) is 18.4. The molecule has 1 fully saturated rings. The minimum atomic E-state index is -0.271. The number of carbonyl (C=O) groups is 1. The van der Waals surface area contributed by atoms with E-state index in [0.717, 1.165) is 35.3 Å². The number of nitrogens with zero attached hydrogens (tertiary/aromatic N) is 3. The van der Waals surface area contributed by atoms with Crippen LogP contribution in [0.4, 0.5) is 0 Å².